The fraction of sp³-hybridized carbons (Fsp3) is 0.364. The average molecular weight is 379 g/mol. The van der Waals surface area contributed by atoms with E-state index in [1.54, 1.807) is 0 Å². The molecule has 0 radical (unpaired) electrons. The lowest BCUT2D eigenvalue weighted by atomic mass is 10.2. The highest BCUT2D eigenvalue weighted by Gasteiger charge is 2.22. The summed E-state index contributed by atoms with van der Waals surface area (Å²) < 4.78 is 7.54. The first-order valence-electron chi connectivity index (χ1n) is 9.88. The van der Waals surface area contributed by atoms with Crippen molar-refractivity contribution in [3.63, 3.8) is 0 Å². The summed E-state index contributed by atoms with van der Waals surface area (Å²) >= 11 is 0. The Morgan fingerprint density at radius 2 is 1.82 bits per heavy atom. The van der Waals surface area contributed by atoms with E-state index in [2.05, 4.69) is 10.6 Å². The normalized spacial score (nSPS) is 15.0. The van der Waals surface area contributed by atoms with Crippen LogP contribution in [0.3, 0.4) is 0 Å². The number of amides is 1. The molecule has 0 atom stereocenters. The predicted octanol–water partition coefficient (Wildman–Crippen LogP) is 1.13. The summed E-state index contributed by atoms with van der Waals surface area (Å²) in [7, 11) is 2.02. The first-order chi connectivity index (χ1) is 13.7. The molecule has 3 aromatic rings. The van der Waals surface area contributed by atoms with Crippen LogP contribution in [0.5, 0.6) is 0 Å². The van der Waals surface area contributed by atoms with Gasteiger partial charge in [-0.15, -0.1) is 0 Å². The van der Waals surface area contributed by atoms with E-state index in [0.717, 1.165) is 55.3 Å². The van der Waals surface area contributed by atoms with E-state index in [1.165, 1.54) is 4.90 Å². The van der Waals surface area contributed by atoms with Crippen molar-refractivity contribution in [1.82, 2.24) is 14.5 Å². The first kappa shape index (κ1) is 18.7. The van der Waals surface area contributed by atoms with Gasteiger partial charge in [-0.3, -0.25) is 4.79 Å². The van der Waals surface area contributed by atoms with Gasteiger partial charge in [0.25, 0.3) is 5.91 Å². The van der Waals surface area contributed by atoms with Crippen molar-refractivity contribution in [3.05, 3.63) is 66.0 Å². The van der Waals surface area contributed by atoms with Crippen LogP contribution < -0.4 is 4.90 Å². The molecule has 28 heavy (non-hydrogen) atoms. The highest BCUT2D eigenvalue weighted by molar-refractivity contribution is 5.94. The van der Waals surface area contributed by atoms with E-state index >= 15 is 0 Å². The van der Waals surface area contributed by atoms with E-state index in [4.69, 9.17) is 9.72 Å². The molecule has 2 heterocycles. The number of imidazole rings is 1. The largest absolute Gasteiger partial charge is 0.370 e. The van der Waals surface area contributed by atoms with Crippen LogP contribution in [0.2, 0.25) is 0 Å². The van der Waals surface area contributed by atoms with Crippen LogP contribution in [-0.2, 0) is 18.3 Å². The summed E-state index contributed by atoms with van der Waals surface area (Å²) in [5.74, 6) is 0.961. The Labute approximate surface area is 165 Å². The van der Waals surface area contributed by atoms with Crippen molar-refractivity contribution in [2.75, 3.05) is 39.4 Å². The minimum absolute atomic E-state index is 0.0558. The smallest absolute Gasteiger partial charge is 0.254 e. The number of carbonyl (C=O) groups is 1. The van der Waals surface area contributed by atoms with Gasteiger partial charge in [0, 0.05) is 12.6 Å². The summed E-state index contributed by atoms with van der Waals surface area (Å²) in [4.78, 5) is 21.4. The Hall–Kier alpha value is -2.70. The van der Waals surface area contributed by atoms with Crippen molar-refractivity contribution in [3.8, 4) is 0 Å². The van der Waals surface area contributed by atoms with Crippen LogP contribution in [0, 0.1) is 0 Å². The second-order valence-electron chi connectivity index (χ2n) is 7.28. The van der Waals surface area contributed by atoms with E-state index < -0.39 is 0 Å². The van der Waals surface area contributed by atoms with Gasteiger partial charge in [-0.2, -0.15) is 0 Å². The zero-order valence-corrected chi connectivity index (χ0v) is 16.3. The Balaban J connectivity index is 1.56. The van der Waals surface area contributed by atoms with Gasteiger partial charge in [0.05, 0.1) is 43.9 Å². The van der Waals surface area contributed by atoms with Crippen molar-refractivity contribution in [1.29, 1.82) is 0 Å². The number of nitrogens with one attached hydrogen (secondary N) is 1. The molecule has 1 amide bonds. The zero-order chi connectivity index (χ0) is 19.3. The number of fused-ring (bicyclic) bond motifs is 1. The number of benzene rings is 2. The number of para-hydroxylation sites is 2. The van der Waals surface area contributed by atoms with Crippen LogP contribution in [0.4, 0.5) is 0 Å². The molecule has 0 saturated carbocycles. The van der Waals surface area contributed by atoms with E-state index in [0.29, 0.717) is 13.1 Å². The number of hydrogen-bond acceptors (Lipinski definition) is 3. The third-order valence-corrected chi connectivity index (χ3v) is 5.46. The monoisotopic (exact) mass is 379 g/mol. The topological polar surface area (TPSA) is 51.8 Å². The number of rotatable bonds is 6. The van der Waals surface area contributed by atoms with Crippen molar-refractivity contribution < 1.29 is 14.4 Å². The van der Waals surface area contributed by atoms with Crippen molar-refractivity contribution in [2.45, 2.75) is 6.54 Å². The molecule has 0 bridgehead atoms. The molecule has 6 heteroatoms. The van der Waals surface area contributed by atoms with Gasteiger partial charge in [0.2, 0.25) is 0 Å². The van der Waals surface area contributed by atoms with E-state index in [1.807, 2.05) is 60.5 Å². The minimum Gasteiger partial charge on any atom is -0.370 e. The van der Waals surface area contributed by atoms with Gasteiger partial charge in [0.1, 0.15) is 18.9 Å². The number of aromatic nitrogens is 2. The minimum atomic E-state index is 0.0558. The second kappa shape index (κ2) is 8.54. The molecule has 1 saturated heterocycles. The highest BCUT2D eigenvalue weighted by Crippen LogP contribution is 2.16. The van der Waals surface area contributed by atoms with Crippen LogP contribution in [0.15, 0.2) is 54.6 Å². The van der Waals surface area contributed by atoms with Gasteiger partial charge < -0.3 is 19.1 Å². The van der Waals surface area contributed by atoms with Crippen LogP contribution in [-0.4, -0.2) is 59.8 Å². The summed E-state index contributed by atoms with van der Waals surface area (Å²) in [6.45, 7) is 5.72. The maximum atomic E-state index is 13.2. The van der Waals surface area contributed by atoms with Gasteiger partial charge in [-0.25, -0.2) is 4.98 Å². The fourth-order valence-corrected chi connectivity index (χ4v) is 3.73. The van der Waals surface area contributed by atoms with Crippen molar-refractivity contribution >= 4 is 16.9 Å². The molecule has 0 unspecified atom stereocenters. The number of hydrogen-bond donors (Lipinski definition) is 1. The predicted molar refractivity (Wildman–Crippen MR) is 108 cm³/mol. The summed E-state index contributed by atoms with van der Waals surface area (Å²) in [6, 6.07) is 17.6. The summed E-state index contributed by atoms with van der Waals surface area (Å²) in [5.41, 5.74) is 2.77. The zero-order valence-electron chi connectivity index (χ0n) is 16.3. The lowest BCUT2D eigenvalue weighted by Gasteiger charge is -2.28. The van der Waals surface area contributed by atoms with Crippen molar-refractivity contribution in [2.24, 2.45) is 7.05 Å². The van der Waals surface area contributed by atoms with Gasteiger partial charge >= 0.3 is 0 Å². The second-order valence-corrected chi connectivity index (χ2v) is 7.28. The quantitative estimate of drug-likeness (QED) is 0.699. The molecule has 1 aliphatic rings. The molecule has 1 N–H and O–H groups in total. The summed E-state index contributed by atoms with van der Waals surface area (Å²) in [6.07, 6.45) is 0. The van der Waals surface area contributed by atoms with Crippen LogP contribution in [0.1, 0.15) is 16.2 Å². The Morgan fingerprint density at radius 1 is 1.11 bits per heavy atom. The van der Waals surface area contributed by atoms with E-state index in [9.17, 15) is 4.79 Å². The number of carbonyl (C=O) groups excluding carboxylic acids is 1. The molecule has 1 fully saturated rings. The Kier molecular flexibility index (Phi) is 5.69. The van der Waals surface area contributed by atoms with Crippen LogP contribution >= 0.6 is 0 Å². The molecule has 1 aliphatic heterocycles. The van der Waals surface area contributed by atoms with E-state index in [-0.39, 0.29) is 5.91 Å². The number of aryl methyl sites for hydroxylation is 1. The van der Waals surface area contributed by atoms with Gasteiger partial charge in [-0.1, -0.05) is 30.3 Å². The molecule has 0 aliphatic carbocycles. The molecule has 0 spiro atoms. The Morgan fingerprint density at radius 3 is 2.57 bits per heavy atom. The molecule has 2 aromatic carbocycles. The molecular weight excluding hydrogens is 352 g/mol. The number of ether oxygens (including phenoxy) is 1. The maximum absolute atomic E-state index is 13.2. The molecular formula is C22H27N4O2+. The van der Waals surface area contributed by atoms with Gasteiger partial charge in [0.15, 0.2) is 0 Å². The highest BCUT2D eigenvalue weighted by atomic mass is 16.5. The summed E-state index contributed by atoms with van der Waals surface area (Å²) in [5, 5.41) is 0. The molecule has 4 rings (SSSR count). The maximum Gasteiger partial charge on any atom is 0.254 e. The average Bonchev–Trinajstić information content (AvgIpc) is 3.07. The van der Waals surface area contributed by atoms with Crippen LogP contribution in [0.25, 0.3) is 11.0 Å². The molecule has 146 valence electrons. The lowest BCUT2D eigenvalue weighted by Crippen LogP contribution is -3.14. The third kappa shape index (κ3) is 4.08. The Bertz CT molecular complexity index is 932. The SMILES string of the molecule is Cn1c(CN(CC[NH+]2CCOCC2)C(=O)c2ccccc2)nc2ccccc21. The molecule has 6 nitrogen and oxygen atoms in total. The number of nitrogens with zero attached hydrogens (tertiary/aromatic N) is 3. The third-order valence-electron chi connectivity index (χ3n) is 5.46. The first-order valence-corrected chi connectivity index (χ1v) is 9.88. The number of morpholine rings is 1. The van der Waals surface area contributed by atoms with Gasteiger partial charge in [-0.05, 0) is 24.3 Å². The fourth-order valence-electron chi connectivity index (χ4n) is 3.73. The lowest BCUT2D eigenvalue weighted by molar-refractivity contribution is -0.907. The molecule has 1 aromatic heterocycles. The standard InChI is InChI=1S/C22H26N4O2/c1-24-20-10-6-5-9-19(20)23-21(24)17-26(12-11-25-13-15-28-16-14-25)22(27)18-7-3-2-4-8-18/h2-10H,11-17H2,1H3/p+1. The number of quaternary nitrogens is 1.